The van der Waals surface area contributed by atoms with Gasteiger partial charge in [0.1, 0.15) is 10.8 Å². The quantitative estimate of drug-likeness (QED) is 0.741. The van der Waals surface area contributed by atoms with Gasteiger partial charge in [0.25, 0.3) is 0 Å². The second-order valence-corrected chi connectivity index (χ2v) is 7.45. The van der Waals surface area contributed by atoms with Crippen LogP contribution >= 0.6 is 33.9 Å². The van der Waals surface area contributed by atoms with Gasteiger partial charge in [-0.2, -0.15) is 0 Å². The van der Waals surface area contributed by atoms with Crippen LogP contribution in [0.2, 0.25) is 10.0 Å². The van der Waals surface area contributed by atoms with Crippen LogP contribution in [-0.4, -0.2) is 20.8 Å². The van der Waals surface area contributed by atoms with Crippen molar-refractivity contribution in [3.05, 3.63) is 28.2 Å². The van der Waals surface area contributed by atoms with Gasteiger partial charge in [-0.3, -0.25) is 0 Å². The van der Waals surface area contributed by atoms with Gasteiger partial charge in [0.05, 0.1) is 17.4 Å². The topological polar surface area (TPSA) is 43.4 Å². The third-order valence-corrected chi connectivity index (χ3v) is 4.45. The molecule has 1 atom stereocenters. The average Bonchev–Trinajstić information content (AvgIpc) is 2.27. The van der Waals surface area contributed by atoms with Crippen LogP contribution < -0.4 is 4.74 Å². The molecule has 0 aliphatic heterocycles. The Bertz CT molecular complexity index is 502. The highest BCUT2D eigenvalue weighted by molar-refractivity contribution is 8.13. The number of ether oxygens (including phenoxy) is 1. The van der Waals surface area contributed by atoms with Gasteiger partial charge in [0.15, 0.2) is 0 Å². The van der Waals surface area contributed by atoms with Gasteiger partial charge in [-0.1, -0.05) is 36.2 Å². The Morgan fingerprint density at radius 1 is 1.33 bits per heavy atom. The van der Waals surface area contributed by atoms with E-state index in [1.165, 1.54) is 0 Å². The number of rotatable bonds is 6. The first kappa shape index (κ1) is 15.9. The second-order valence-electron chi connectivity index (χ2n) is 3.84. The smallest absolute Gasteiger partial charge is 0.232 e. The fourth-order valence-corrected chi connectivity index (χ4v) is 3.14. The summed E-state index contributed by atoms with van der Waals surface area (Å²) >= 11 is 11.8. The Hall–Kier alpha value is -0.160. The molecule has 0 radical (unpaired) electrons. The summed E-state index contributed by atoms with van der Waals surface area (Å²) in [6.45, 7) is 2.10. The van der Waals surface area contributed by atoms with Gasteiger partial charge in [-0.25, -0.2) is 8.42 Å². The lowest BCUT2D eigenvalue weighted by atomic mass is 10.1. The first-order valence-corrected chi connectivity index (χ1v) is 8.56. The van der Waals surface area contributed by atoms with Gasteiger partial charge in [0, 0.05) is 16.6 Å². The van der Waals surface area contributed by atoms with Crippen LogP contribution in [0.3, 0.4) is 0 Å². The Balaban J connectivity index is 2.66. The summed E-state index contributed by atoms with van der Waals surface area (Å²) in [4.78, 5) is 0. The Kier molecular flexibility index (Phi) is 6.05. The summed E-state index contributed by atoms with van der Waals surface area (Å²) in [6, 6.07) is 5.04. The zero-order valence-corrected chi connectivity index (χ0v) is 12.8. The van der Waals surface area contributed by atoms with Crippen molar-refractivity contribution in [1.29, 1.82) is 0 Å². The number of hydrogen-bond donors (Lipinski definition) is 0. The maximum Gasteiger partial charge on any atom is 0.232 e. The van der Waals surface area contributed by atoms with E-state index in [1.807, 2.05) is 6.92 Å². The Labute approximate surface area is 121 Å². The van der Waals surface area contributed by atoms with Crippen molar-refractivity contribution < 1.29 is 13.2 Å². The van der Waals surface area contributed by atoms with E-state index in [1.54, 1.807) is 18.2 Å². The number of hydrogen-bond acceptors (Lipinski definition) is 3. The van der Waals surface area contributed by atoms with Gasteiger partial charge >= 0.3 is 0 Å². The Morgan fingerprint density at radius 3 is 2.56 bits per heavy atom. The minimum Gasteiger partial charge on any atom is -0.492 e. The zero-order valence-electron chi connectivity index (χ0n) is 9.70. The third-order valence-electron chi connectivity index (χ3n) is 2.40. The second kappa shape index (κ2) is 6.85. The minimum absolute atomic E-state index is 0.122. The molecule has 0 saturated carbocycles. The predicted molar refractivity (Wildman–Crippen MR) is 75.4 cm³/mol. The van der Waals surface area contributed by atoms with Crippen molar-refractivity contribution in [3.8, 4) is 5.75 Å². The first-order chi connectivity index (χ1) is 8.33. The normalized spacial score (nSPS) is 13.3. The standard InChI is InChI=1S/C11H13Cl3O3S/c1-2-8(7-18(14,15)16)6-17-10-5-3-4-9(12)11(10)13/h3-5,8H,2,6-7H2,1H3. The molecule has 0 aromatic heterocycles. The highest BCUT2D eigenvalue weighted by atomic mass is 35.7. The van der Waals surface area contributed by atoms with Crippen molar-refractivity contribution in [1.82, 2.24) is 0 Å². The maximum atomic E-state index is 11.0. The van der Waals surface area contributed by atoms with Crippen molar-refractivity contribution in [3.63, 3.8) is 0 Å². The lowest BCUT2D eigenvalue weighted by molar-refractivity contribution is 0.258. The minimum atomic E-state index is -3.52. The van der Waals surface area contributed by atoms with Gasteiger partial charge < -0.3 is 4.74 Å². The molecular formula is C11H13Cl3O3S. The van der Waals surface area contributed by atoms with E-state index < -0.39 is 9.05 Å². The van der Waals surface area contributed by atoms with Gasteiger partial charge in [-0.15, -0.1) is 0 Å². The van der Waals surface area contributed by atoms with Crippen LogP contribution in [0, 0.1) is 5.92 Å². The molecule has 0 N–H and O–H groups in total. The van der Waals surface area contributed by atoms with Crippen LogP contribution in [0.5, 0.6) is 5.75 Å². The van der Waals surface area contributed by atoms with Crippen LogP contribution in [0.15, 0.2) is 18.2 Å². The summed E-state index contributed by atoms with van der Waals surface area (Å²) in [5, 5.41) is 0.718. The summed E-state index contributed by atoms with van der Waals surface area (Å²) in [5.41, 5.74) is 0. The van der Waals surface area contributed by atoms with Crippen molar-refractivity contribution in [2.75, 3.05) is 12.4 Å². The average molecular weight is 332 g/mol. The fourth-order valence-electron chi connectivity index (χ4n) is 1.37. The molecule has 1 aromatic rings. The molecule has 7 heteroatoms. The molecule has 0 bridgehead atoms. The molecule has 18 heavy (non-hydrogen) atoms. The van der Waals surface area contributed by atoms with E-state index in [9.17, 15) is 8.42 Å². The van der Waals surface area contributed by atoms with Crippen molar-refractivity contribution >= 4 is 42.9 Å². The lowest BCUT2D eigenvalue weighted by Crippen LogP contribution is -2.19. The molecule has 0 aliphatic carbocycles. The van der Waals surface area contributed by atoms with Crippen LogP contribution in [0.25, 0.3) is 0 Å². The predicted octanol–water partition coefficient (Wildman–Crippen LogP) is 3.97. The first-order valence-electron chi connectivity index (χ1n) is 5.32. The molecule has 0 aliphatic rings. The zero-order chi connectivity index (χ0) is 13.8. The molecular weight excluding hydrogens is 319 g/mol. The van der Waals surface area contributed by atoms with Gasteiger partial charge in [0.2, 0.25) is 9.05 Å². The van der Waals surface area contributed by atoms with E-state index in [0.717, 1.165) is 0 Å². The molecule has 0 spiro atoms. The molecule has 0 amide bonds. The van der Waals surface area contributed by atoms with Crippen LogP contribution in [0.4, 0.5) is 0 Å². The van der Waals surface area contributed by atoms with Crippen LogP contribution in [0.1, 0.15) is 13.3 Å². The number of benzene rings is 1. The largest absolute Gasteiger partial charge is 0.492 e. The molecule has 1 aromatic carbocycles. The summed E-state index contributed by atoms with van der Waals surface area (Å²) in [5.74, 6) is 0.139. The molecule has 0 fully saturated rings. The monoisotopic (exact) mass is 330 g/mol. The summed E-state index contributed by atoms with van der Waals surface area (Å²) in [6.07, 6.45) is 0.643. The lowest BCUT2D eigenvalue weighted by Gasteiger charge is -2.15. The van der Waals surface area contributed by atoms with E-state index in [0.29, 0.717) is 22.2 Å². The molecule has 3 nitrogen and oxygen atoms in total. The highest BCUT2D eigenvalue weighted by Gasteiger charge is 2.17. The SMILES string of the molecule is CCC(COc1cccc(Cl)c1Cl)CS(=O)(=O)Cl. The highest BCUT2D eigenvalue weighted by Crippen LogP contribution is 2.31. The van der Waals surface area contributed by atoms with Crippen molar-refractivity contribution in [2.45, 2.75) is 13.3 Å². The van der Waals surface area contributed by atoms with Gasteiger partial charge in [-0.05, 0) is 18.6 Å². The van der Waals surface area contributed by atoms with Crippen LogP contribution in [-0.2, 0) is 9.05 Å². The van der Waals surface area contributed by atoms with E-state index >= 15 is 0 Å². The van der Waals surface area contributed by atoms with E-state index in [2.05, 4.69) is 0 Å². The summed E-state index contributed by atoms with van der Waals surface area (Å²) in [7, 11) is 1.69. The molecule has 0 saturated heterocycles. The Morgan fingerprint density at radius 2 is 2.00 bits per heavy atom. The number of halogens is 3. The summed E-state index contributed by atoms with van der Waals surface area (Å²) < 4.78 is 27.5. The molecule has 102 valence electrons. The third kappa shape index (κ3) is 5.22. The maximum absolute atomic E-state index is 11.0. The van der Waals surface area contributed by atoms with E-state index in [-0.39, 0.29) is 18.3 Å². The molecule has 1 unspecified atom stereocenters. The van der Waals surface area contributed by atoms with E-state index in [4.69, 9.17) is 38.6 Å². The van der Waals surface area contributed by atoms with Crippen molar-refractivity contribution in [2.24, 2.45) is 5.92 Å². The molecule has 0 heterocycles. The fraction of sp³-hybridized carbons (Fsp3) is 0.455. The molecule has 1 rings (SSSR count).